The fourth-order valence-electron chi connectivity index (χ4n) is 3.45. The van der Waals surface area contributed by atoms with E-state index in [0.29, 0.717) is 33.2 Å². The first-order valence-corrected chi connectivity index (χ1v) is 11.1. The number of benzene rings is 1. The molecule has 0 aliphatic carbocycles. The highest BCUT2D eigenvalue weighted by atomic mass is 35.5. The summed E-state index contributed by atoms with van der Waals surface area (Å²) in [5, 5.41) is 7.44. The van der Waals surface area contributed by atoms with E-state index in [0.717, 1.165) is 15.3 Å². The molecule has 0 unspecified atom stereocenters. The molecular weight excluding hydrogens is 466 g/mol. The van der Waals surface area contributed by atoms with Gasteiger partial charge in [-0.25, -0.2) is 9.78 Å². The molecule has 4 rings (SSSR count). The fourth-order valence-corrected chi connectivity index (χ4v) is 4.56. The molecule has 0 saturated heterocycles. The predicted molar refractivity (Wildman–Crippen MR) is 126 cm³/mol. The molecule has 0 aliphatic heterocycles. The van der Waals surface area contributed by atoms with E-state index in [1.807, 2.05) is 19.9 Å². The molecular formula is C23H20ClN3O5S. The summed E-state index contributed by atoms with van der Waals surface area (Å²) >= 11 is 7.62. The van der Waals surface area contributed by atoms with E-state index in [1.54, 1.807) is 42.5 Å². The fraction of sp³-hybridized carbons (Fsp3) is 0.217. The molecule has 0 bridgehead atoms. The number of thiophene rings is 1. The van der Waals surface area contributed by atoms with Gasteiger partial charge in [-0.05, 0) is 51.1 Å². The lowest BCUT2D eigenvalue weighted by Crippen LogP contribution is -2.21. The molecule has 33 heavy (non-hydrogen) atoms. The Morgan fingerprint density at radius 1 is 1.18 bits per heavy atom. The Kier molecular flexibility index (Phi) is 6.35. The van der Waals surface area contributed by atoms with Gasteiger partial charge in [0.25, 0.3) is 11.6 Å². The SMILES string of the molecule is COc1ccc(Cl)cc1NC(=O)COC(=O)c1cc(-c2cc(C)sc2C)nc2onc(C)c12. The number of carbonyl (C=O) groups is 2. The molecule has 10 heteroatoms. The van der Waals surface area contributed by atoms with Gasteiger partial charge in [-0.2, -0.15) is 0 Å². The Labute approximate surface area is 198 Å². The summed E-state index contributed by atoms with van der Waals surface area (Å²) in [5.41, 5.74) is 2.80. The summed E-state index contributed by atoms with van der Waals surface area (Å²) in [6.45, 7) is 5.19. The zero-order valence-electron chi connectivity index (χ0n) is 18.3. The van der Waals surface area contributed by atoms with Gasteiger partial charge in [-0.1, -0.05) is 16.8 Å². The maximum atomic E-state index is 13.0. The topological polar surface area (TPSA) is 104 Å². The number of fused-ring (bicyclic) bond motifs is 1. The number of ether oxygens (including phenoxy) is 2. The van der Waals surface area contributed by atoms with E-state index in [2.05, 4.69) is 15.5 Å². The molecule has 4 aromatic rings. The lowest BCUT2D eigenvalue weighted by Gasteiger charge is -2.11. The first-order valence-electron chi connectivity index (χ1n) is 9.91. The van der Waals surface area contributed by atoms with Crippen molar-refractivity contribution in [1.82, 2.24) is 10.1 Å². The molecule has 1 N–H and O–H groups in total. The molecule has 8 nitrogen and oxygen atoms in total. The van der Waals surface area contributed by atoms with Crippen LogP contribution in [0.2, 0.25) is 5.02 Å². The Bertz CT molecular complexity index is 1380. The van der Waals surface area contributed by atoms with Gasteiger partial charge in [-0.3, -0.25) is 4.79 Å². The number of esters is 1. The van der Waals surface area contributed by atoms with Gasteiger partial charge in [0, 0.05) is 20.3 Å². The molecule has 0 fully saturated rings. The molecule has 0 atom stereocenters. The van der Waals surface area contributed by atoms with E-state index < -0.39 is 18.5 Å². The van der Waals surface area contributed by atoms with Crippen molar-refractivity contribution >= 4 is 51.6 Å². The molecule has 1 amide bonds. The van der Waals surface area contributed by atoms with Crippen molar-refractivity contribution < 1.29 is 23.6 Å². The Hall–Kier alpha value is -3.43. The molecule has 1 aromatic carbocycles. The highest BCUT2D eigenvalue weighted by molar-refractivity contribution is 7.12. The summed E-state index contributed by atoms with van der Waals surface area (Å²) in [7, 11) is 1.48. The van der Waals surface area contributed by atoms with Gasteiger partial charge in [0.1, 0.15) is 5.75 Å². The molecule has 3 aromatic heterocycles. The van der Waals surface area contributed by atoms with Crippen LogP contribution in [0, 0.1) is 20.8 Å². The van der Waals surface area contributed by atoms with Gasteiger partial charge >= 0.3 is 5.97 Å². The largest absolute Gasteiger partial charge is 0.495 e. The number of nitrogens with one attached hydrogen (secondary N) is 1. The number of aryl methyl sites for hydroxylation is 3. The molecule has 3 heterocycles. The smallest absolute Gasteiger partial charge is 0.339 e. The quantitative estimate of drug-likeness (QED) is 0.368. The summed E-state index contributed by atoms with van der Waals surface area (Å²) in [6, 6.07) is 8.45. The van der Waals surface area contributed by atoms with E-state index >= 15 is 0 Å². The predicted octanol–water partition coefficient (Wildman–Crippen LogP) is 5.33. The number of pyridine rings is 1. The first-order chi connectivity index (χ1) is 15.8. The van der Waals surface area contributed by atoms with Crippen LogP contribution in [0.25, 0.3) is 22.4 Å². The van der Waals surface area contributed by atoms with Crippen molar-refractivity contribution in [2.24, 2.45) is 0 Å². The van der Waals surface area contributed by atoms with E-state index in [9.17, 15) is 9.59 Å². The van der Waals surface area contributed by atoms with Crippen LogP contribution in [0.15, 0.2) is 34.9 Å². The number of amides is 1. The number of nitrogens with zero attached hydrogens (tertiary/aromatic N) is 2. The van der Waals surface area contributed by atoms with Gasteiger partial charge in [0.05, 0.1) is 35.1 Å². The normalized spacial score (nSPS) is 10.9. The van der Waals surface area contributed by atoms with Gasteiger partial charge < -0.3 is 19.3 Å². The Morgan fingerprint density at radius 3 is 2.67 bits per heavy atom. The summed E-state index contributed by atoms with van der Waals surface area (Å²) < 4.78 is 15.8. The maximum Gasteiger partial charge on any atom is 0.339 e. The van der Waals surface area contributed by atoms with E-state index in [1.165, 1.54) is 7.11 Å². The number of methoxy groups -OCH3 is 1. The number of aromatic nitrogens is 2. The van der Waals surface area contributed by atoms with Crippen LogP contribution in [0.4, 0.5) is 5.69 Å². The third-order valence-corrected chi connectivity index (χ3v) is 6.12. The average molecular weight is 486 g/mol. The zero-order valence-corrected chi connectivity index (χ0v) is 19.9. The van der Waals surface area contributed by atoms with Crippen molar-refractivity contribution in [2.45, 2.75) is 20.8 Å². The van der Waals surface area contributed by atoms with Crippen LogP contribution >= 0.6 is 22.9 Å². The molecule has 0 saturated carbocycles. The monoisotopic (exact) mass is 485 g/mol. The van der Waals surface area contributed by atoms with Crippen LogP contribution in [-0.2, 0) is 9.53 Å². The molecule has 0 radical (unpaired) electrons. The van der Waals surface area contributed by atoms with Crippen molar-refractivity contribution in [1.29, 1.82) is 0 Å². The third kappa shape index (κ3) is 4.69. The van der Waals surface area contributed by atoms with E-state index in [-0.39, 0.29) is 11.3 Å². The lowest BCUT2D eigenvalue weighted by molar-refractivity contribution is -0.119. The summed E-state index contributed by atoms with van der Waals surface area (Å²) in [4.78, 5) is 32.1. The Balaban J connectivity index is 1.58. The highest BCUT2D eigenvalue weighted by Crippen LogP contribution is 2.33. The second kappa shape index (κ2) is 9.21. The summed E-state index contributed by atoms with van der Waals surface area (Å²) in [6.07, 6.45) is 0. The Morgan fingerprint density at radius 2 is 1.97 bits per heavy atom. The second-order valence-corrected chi connectivity index (χ2v) is 9.20. The summed E-state index contributed by atoms with van der Waals surface area (Å²) in [5.74, 6) is -0.797. The minimum absolute atomic E-state index is 0.227. The number of carbonyl (C=O) groups excluding carboxylic acids is 2. The number of hydrogen-bond acceptors (Lipinski definition) is 8. The maximum absolute atomic E-state index is 13.0. The van der Waals surface area contributed by atoms with Crippen LogP contribution in [-0.4, -0.2) is 35.7 Å². The van der Waals surface area contributed by atoms with Crippen LogP contribution in [0.5, 0.6) is 5.75 Å². The van der Waals surface area contributed by atoms with Crippen LogP contribution < -0.4 is 10.1 Å². The third-order valence-electron chi connectivity index (χ3n) is 4.92. The number of anilines is 1. The standard InChI is InChI=1S/C23H20ClN3O5S/c1-11-7-15(13(3)33-11)17-9-16(21-12(2)27-32-22(21)26-17)23(29)31-10-20(28)25-18-8-14(24)5-6-19(18)30-4/h5-9H,10H2,1-4H3,(H,25,28). The number of hydrogen-bond donors (Lipinski definition) is 1. The van der Waals surface area contributed by atoms with E-state index in [4.69, 9.17) is 25.6 Å². The van der Waals surface area contributed by atoms with Crippen molar-refractivity contribution in [3.05, 3.63) is 56.4 Å². The minimum Gasteiger partial charge on any atom is -0.495 e. The van der Waals surface area contributed by atoms with Crippen molar-refractivity contribution in [3.63, 3.8) is 0 Å². The lowest BCUT2D eigenvalue weighted by atomic mass is 10.1. The number of rotatable bonds is 6. The molecule has 170 valence electrons. The number of halogens is 1. The van der Waals surface area contributed by atoms with Gasteiger partial charge in [0.2, 0.25) is 0 Å². The zero-order chi connectivity index (χ0) is 23.7. The van der Waals surface area contributed by atoms with Crippen LogP contribution in [0.3, 0.4) is 0 Å². The molecule has 0 spiro atoms. The van der Waals surface area contributed by atoms with Crippen LogP contribution in [0.1, 0.15) is 25.8 Å². The second-order valence-electron chi connectivity index (χ2n) is 7.30. The van der Waals surface area contributed by atoms with Gasteiger partial charge in [0.15, 0.2) is 6.61 Å². The highest BCUT2D eigenvalue weighted by Gasteiger charge is 2.22. The first kappa shape index (κ1) is 22.8. The molecule has 0 aliphatic rings. The minimum atomic E-state index is -0.687. The van der Waals surface area contributed by atoms with Crippen molar-refractivity contribution in [3.8, 4) is 17.0 Å². The van der Waals surface area contributed by atoms with Crippen molar-refractivity contribution in [2.75, 3.05) is 19.0 Å². The van der Waals surface area contributed by atoms with Gasteiger partial charge in [-0.15, -0.1) is 11.3 Å². The average Bonchev–Trinajstić information content (AvgIpc) is 3.32.